The molecule has 9 heteroatoms. The molecular formula is C23H22BrNO6S. The lowest BCUT2D eigenvalue weighted by Gasteiger charge is -2.19. The number of amides is 2. The van der Waals surface area contributed by atoms with Crippen molar-refractivity contribution in [3.63, 3.8) is 0 Å². The van der Waals surface area contributed by atoms with Crippen molar-refractivity contribution in [3.8, 4) is 11.5 Å². The molecule has 0 aliphatic carbocycles. The quantitative estimate of drug-likeness (QED) is 0.455. The number of nitrogens with zero attached hydrogens (tertiary/aromatic N) is 1. The van der Waals surface area contributed by atoms with E-state index >= 15 is 0 Å². The van der Waals surface area contributed by atoms with Gasteiger partial charge in [-0.1, -0.05) is 19.1 Å². The third kappa shape index (κ3) is 5.16. The maximum Gasteiger partial charge on any atom is 0.335 e. The average molecular weight is 520 g/mol. The van der Waals surface area contributed by atoms with Crippen LogP contribution in [-0.2, 0) is 11.4 Å². The Balaban J connectivity index is 1.83. The van der Waals surface area contributed by atoms with Gasteiger partial charge in [0, 0.05) is 6.04 Å². The lowest BCUT2D eigenvalue weighted by molar-refractivity contribution is -0.124. The van der Waals surface area contributed by atoms with Crippen LogP contribution < -0.4 is 9.47 Å². The standard InChI is InChI=1S/C23H22BrNO6S/c1-4-13(2)25-21(26)19(32-23(25)29)11-15-9-17(24)20(18(10-15)30-3)31-12-14-6-5-7-16(8-14)22(27)28/h5-11,13H,4,12H2,1-3H3,(H,27,28)/b19-11+/t13-/m1/s1. The molecule has 1 aliphatic rings. The number of carboxylic acid groups (broad SMARTS) is 1. The minimum absolute atomic E-state index is 0.142. The average Bonchev–Trinajstić information content (AvgIpc) is 3.04. The molecule has 1 N–H and O–H groups in total. The van der Waals surface area contributed by atoms with Crippen molar-refractivity contribution in [2.24, 2.45) is 0 Å². The molecule has 1 heterocycles. The summed E-state index contributed by atoms with van der Waals surface area (Å²) >= 11 is 4.39. The van der Waals surface area contributed by atoms with Crippen LogP contribution in [-0.4, -0.2) is 40.3 Å². The van der Waals surface area contributed by atoms with Gasteiger partial charge < -0.3 is 14.6 Å². The SMILES string of the molecule is CC[C@@H](C)N1C(=O)S/C(=C/c2cc(Br)c(OCc3cccc(C(=O)O)c3)c(OC)c2)C1=O. The minimum atomic E-state index is -1.01. The van der Waals surface area contributed by atoms with Gasteiger partial charge >= 0.3 is 5.97 Å². The number of hydrogen-bond acceptors (Lipinski definition) is 6. The Bertz CT molecular complexity index is 1100. The molecule has 32 heavy (non-hydrogen) atoms. The van der Waals surface area contributed by atoms with Crippen LogP contribution in [0.15, 0.2) is 45.8 Å². The second-order valence-corrected chi connectivity index (χ2v) is 8.98. The fourth-order valence-electron chi connectivity index (χ4n) is 3.11. The first kappa shape index (κ1) is 23.9. The van der Waals surface area contributed by atoms with E-state index in [9.17, 15) is 14.4 Å². The smallest absolute Gasteiger partial charge is 0.335 e. The van der Waals surface area contributed by atoms with Gasteiger partial charge in [-0.05, 0) is 82.5 Å². The second-order valence-electron chi connectivity index (χ2n) is 7.14. The third-order valence-electron chi connectivity index (χ3n) is 4.96. The Kier molecular flexibility index (Phi) is 7.63. The highest BCUT2D eigenvalue weighted by Gasteiger charge is 2.37. The van der Waals surface area contributed by atoms with Crippen LogP contribution in [0.25, 0.3) is 6.08 Å². The molecule has 0 aromatic heterocycles. The van der Waals surface area contributed by atoms with Gasteiger partial charge in [0.05, 0.1) is 22.1 Å². The number of ether oxygens (including phenoxy) is 2. The van der Waals surface area contributed by atoms with E-state index in [0.29, 0.717) is 38.4 Å². The molecule has 1 atom stereocenters. The van der Waals surface area contributed by atoms with Crippen molar-refractivity contribution in [1.82, 2.24) is 4.90 Å². The van der Waals surface area contributed by atoms with Crippen LogP contribution in [0, 0.1) is 0 Å². The van der Waals surface area contributed by atoms with Gasteiger partial charge in [-0.2, -0.15) is 0 Å². The summed E-state index contributed by atoms with van der Waals surface area (Å²) in [6, 6.07) is 9.81. The molecule has 7 nitrogen and oxygen atoms in total. The van der Waals surface area contributed by atoms with Crippen LogP contribution >= 0.6 is 27.7 Å². The molecule has 2 aromatic rings. The van der Waals surface area contributed by atoms with E-state index in [1.54, 1.807) is 36.4 Å². The Morgan fingerprint density at radius 2 is 2.03 bits per heavy atom. The largest absolute Gasteiger partial charge is 0.493 e. The molecule has 1 aliphatic heterocycles. The molecule has 0 spiro atoms. The number of rotatable bonds is 8. The Hall–Kier alpha value is -2.78. The number of carbonyl (C=O) groups excluding carboxylic acids is 2. The first-order valence-corrected chi connectivity index (χ1v) is 11.5. The summed E-state index contributed by atoms with van der Waals surface area (Å²) in [5, 5.41) is 8.87. The summed E-state index contributed by atoms with van der Waals surface area (Å²) < 4.78 is 11.9. The highest BCUT2D eigenvalue weighted by Crippen LogP contribution is 2.40. The van der Waals surface area contributed by atoms with Crippen LogP contribution in [0.4, 0.5) is 4.79 Å². The van der Waals surface area contributed by atoms with E-state index in [-0.39, 0.29) is 29.4 Å². The first-order chi connectivity index (χ1) is 15.2. The van der Waals surface area contributed by atoms with E-state index in [0.717, 1.165) is 11.8 Å². The van der Waals surface area contributed by atoms with E-state index in [1.165, 1.54) is 18.1 Å². The molecule has 1 saturated heterocycles. The minimum Gasteiger partial charge on any atom is -0.493 e. The van der Waals surface area contributed by atoms with Crippen molar-refractivity contribution in [2.45, 2.75) is 32.9 Å². The highest BCUT2D eigenvalue weighted by atomic mass is 79.9. The molecule has 0 saturated carbocycles. The van der Waals surface area contributed by atoms with Crippen molar-refractivity contribution in [3.05, 3.63) is 62.5 Å². The predicted octanol–water partition coefficient (Wildman–Crippen LogP) is 5.57. The van der Waals surface area contributed by atoms with Crippen LogP contribution in [0.3, 0.4) is 0 Å². The number of halogens is 1. The fourth-order valence-corrected chi connectivity index (χ4v) is 4.61. The van der Waals surface area contributed by atoms with E-state index in [2.05, 4.69) is 15.9 Å². The van der Waals surface area contributed by atoms with Gasteiger partial charge in [0.15, 0.2) is 11.5 Å². The summed E-state index contributed by atoms with van der Waals surface area (Å²) in [6.45, 7) is 3.91. The first-order valence-electron chi connectivity index (χ1n) is 9.84. The molecule has 0 bridgehead atoms. The molecule has 3 rings (SSSR count). The number of imide groups is 1. The monoisotopic (exact) mass is 519 g/mol. The molecular weight excluding hydrogens is 498 g/mol. The predicted molar refractivity (Wildman–Crippen MR) is 126 cm³/mol. The Morgan fingerprint density at radius 1 is 1.28 bits per heavy atom. The number of benzene rings is 2. The second kappa shape index (κ2) is 10.2. The number of carbonyl (C=O) groups is 3. The number of thioether (sulfide) groups is 1. The summed E-state index contributed by atoms with van der Waals surface area (Å²) in [5.41, 5.74) is 1.55. The number of hydrogen-bond donors (Lipinski definition) is 1. The maximum absolute atomic E-state index is 12.7. The molecule has 168 valence electrons. The van der Waals surface area contributed by atoms with Gasteiger partial charge in [0.1, 0.15) is 6.61 Å². The zero-order valence-electron chi connectivity index (χ0n) is 17.8. The van der Waals surface area contributed by atoms with Crippen molar-refractivity contribution in [2.75, 3.05) is 7.11 Å². The molecule has 0 unspecified atom stereocenters. The van der Waals surface area contributed by atoms with Crippen LogP contribution in [0.2, 0.25) is 0 Å². The van der Waals surface area contributed by atoms with Crippen LogP contribution in [0.1, 0.15) is 41.8 Å². The van der Waals surface area contributed by atoms with Gasteiger partial charge in [-0.15, -0.1) is 0 Å². The number of methoxy groups -OCH3 is 1. The normalized spacial score (nSPS) is 15.9. The third-order valence-corrected chi connectivity index (χ3v) is 6.43. The van der Waals surface area contributed by atoms with E-state index in [1.807, 2.05) is 13.8 Å². The summed E-state index contributed by atoms with van der Waals surface area (Å²) in [4.78, 5) is 37.7. The van der Waals surface area contributed by atoms with Crippen molar-refractivity contribution < 1.29 is 29.0 Å². The summed E-state index contributed by atoms with van der Waals surface area (Å²) in [7, 11) is 1.50. The van der Waals surface area contributed by atoms with Gasteiger partial charge in [-0.3, -0.25) is 14.5 Å². The molecule has 2 aromatic carbocycles. The maximum atomic E-state index is 12.7. The van der Waals surface area contributed by atoms with E-state index in [4.69, 9.17) is 14.6 Å². The number of carboxylic acids is 1. The van der Waals surface area contributed by atoms with Gasteiger partial charge in [0.25, 0.3) is 11.1 Å². The molecule has 2 amide bonds. The summed E-state index contributed by atoms with van der Waals surface area (Å²) in [6.07, 6.45) is 2.34. The zero-order valence-corrected chi connectivity index (χ0v) is 20.2. The van der Waals surface area contributed by atoms with Crippen molar-refractivity contribution in [1.29, 1.82) is 0 Å². The highest BCUT2D eigenvalue weighted by molar-refractivity contribution is 9.10. The number of aromatic carboxylic acids is 1. The van der Waals surface area contributed by atoms with E-state index < -0.39 is 5.97 Å². The lowest BCUT2D eigenvalue weighted by Crippen LogP contribution is -2.36. The van der Waals surface area contributed by atoms with Crippen LogP contribution in [0.5, 0.6) is 11.5 Å². The van der Waals surface area contributed by atoms with Gasteiger partial charge in [0.2, 0.25) is 0 Å². The fraction of sp³-hybridized carbons (Fsp3) is 0.261. The van der Waals surface area contributed by atoms with Crippen molar-refractivity contribution >= 4 is 50.9 Å². The van der Waals surface area contributed by atoms with Gasteiger partial charge in [-0.25, -0.2) is 4.79 Å². The lowest BCUT2D eigenvalue weighted by atomic mass is 10.1. The molecule has 0 radical (unpaired) electrons. The zero-order chi connectivity index (χ0) is 23.4. The topological polar surface area (TPSA) is 93.1 Å². The summed E-state index contributed by atoms with van der Waals surface area (Å²) in [5.74, 6) is -0.435. The Labute approximate surface area is 198 Å². The Morgan fingerprint density at radius 3 is 2.69 bits per heavy atom. The molecule has 1 fully saturated rings.